The van der Waals surface area contributed by atoms with Crippen LogP contribution in [0.4, 0.5) is 0 Å². The maximum Gasteiger partial charge on any atom is 0.149 e. The van der Waals surface area contributed by atoms with Crippen LogP contribution in [0.1, 0.15) is 0 Å². The molecule has 114 valence electrons. The van der Waals surface area contributed by atoms with Crippen LogP contribution in [-0.4, -0.2) is 28.9 Å². The maximum absolute atomic E-state index is 6.46. The molecule has 0 aliphatic heterocycles. The lowest BCUT2D eigenvalue weighted by molar-refractivity contribution is 1.19. The first-order valence-electron chi connectivity index (χ1n) is 7.35. The summed E-state index contributed by atoms with van der Waals surface area (Å²) >= 11 is 19.4. The van der Waals surface area contributed by atoms with Gasteiger partial charge in [0.1, 0.15) is 28.9 Å². The van der Waals surface area contributed by atoms with Crippen molar-refractivity contribution in [2.75, 3.05) is 0 Å². The Morgan fingerprint density at radius 3 is 0.947 bits per heavy atom. The molecule has 0 radical (unpaired) electrons. The smallest absolute Gasteiger partial charge is 0.149 e. The molecule has 0 bridgehead atoms. The highest BCUT2D eigenvalue weighted by atomic mass is 35.6. The van der Waals surface area contributed by atoms with Gasteiger partial charge in [0.05, 0.1) is 0 Å². The van der Waals surface area contributed by atoms with E-state index in [9.17, 15) is 0 Å². The van der Waals surface area contributed by atoms with E-state index in [-0.39, 0.29) is 0 Å². The predicted molar refractivity (Wildman–Crippen MR) is 105 cm³/mol. The van der Waals surface area contributed by atoms with Gasteiger partial charge < -0.3 is 0 Å². The van der Waals surface area contributed by atoms with E-state index in [1.165, 1.54) is 37.1 Å². The van der Waals surface area contributed by atoms with E-state index < -0.39 is 22.2 Å². The summed E-state index contributed by atoms with van der Waals surface area (Å²) in [5.41, 5.74) is 0. The van der Waals surface area contributed by atoms with E-state index in [0.717, 1.165) is 6.71 Å². The van der Waals surface area contributed by atoms with Gasteiger partial charge >= 0.3 is 0 Å². The van der Waals surface area contributed by atoms with Crippen molar-refractivity contribution in [2.45, 2.75) is 76.4 Å². The highest BCUT2D eigenvalue weighted by molar-refractivity contribution is 7.20. The summed E-state index contributed by atoms with van der Waals surface area (Å²) in [6.07, 6.45) is 3.81. The molecule has 0 nitrogen and oxygen atoms in total. The lowest BCUT2D eigenvalue weighted by atomic mass is 9.44. The fourth-order valence-electron chi connectivity index (χ4n) is 2.08. The third-order valence-corrected chi connectivity index (χ3v) is 9.58. The van der Waals surface area contributed by atoms with Gasteiger partial charge in [-0.25, -0.2) is 0 Å². The van der Waals surface area contributed by atoms with E-state index in [1.807, 2.05) is 0 Å². The third kappa shape index (κ3) is 15.8. The summed E-state index contributed by atoms with van der Waals surface area (Å²) in [5.74, 6) is 0. The lowest BCUT2D eigenvalue weighted by Gasteiger charge is -2.22. The van der Waals surface area contributed by atoms with Gasteiger partial charge in [0.15, 0.2) is 0 Å². The second kappa shape index (κ2) is 8.28. The molecule has 0 heterocycles. The van der Waals surface area contributed by atoms with Gasteiger partial charge in [0.25, 0.3) is 0 Å². The molecule has 0 aromatic carbocycles. The molecule has 0 aromatic heterocycles. The van der Waals surface area contributed by atoms with Crippen molar-refractivity contribution in [2.24, 2.45) is 0 Å². The number of hydrogen-bond donors (Lipinski definition) is 0. The molecule has 0 aliphatic rings. The Labute approximate surface area is 138 Å². The van der Waals surface area contributed by atoms with Gasteiger partial charge in [-0.1, -0.05) is 76.4 Å². The zero-order chi connectivity index (χ0) is 15.3. The summed E-state index contributed by atoms with van der Waals surface area (Å²) in [5, 5.41) is 0. The van der Waals surface area contributed by atoms with Crippen LogP contribution < -0.4 is 0 Å². The minimum atomic E-state index is -1.44. The normalized spacial score (nSPS) is 13.7. The molecule has 7 heteroatoms. The molecule has 19 heavy (non-hydrogen) atoms. The van der Waals surface area contributed by atoms with Crippen LogP contribution in [0.25, 0.3) is 0 Å². The van der Waals surface area contributed by atoms with Gasteiger partial charge in [-0.2, -0.15) is 33.2 Å². The van der Waals surface area contributed by atoms with Gasteiger partial charge in [0, 0.05) is 0 Å². The summed E-state index contributed by atoms with van der Waals surface area (Å²) in [7, 11) is -4.32. The average molecular weight is 376 g/mol. The molecule has 0 unspecified atom stereocenters. The summed E-state index contributed by atoms with van der Waals surface area (Å²) in [6, 6.07) is 3.65. The van der Waals surface area contributed by atoms with Crippen LogP contribution >= 0.6 is 33.2 Å². The van der Waals surface area contributed by atoms with Crippen molar-refractivity contribution in [1.29, 1.82) is 0 Å². The molecule has 0 atom stereocenters. The van der Waals surface area contributed by atoms with Crippen molar-refractivity contribution in [1.82, 2.24) is 0 Å². The van der Waals surface area contributed by atoms with E-state index in [4.69, 9.17) is 33.2 Å². The van der Waals surface area contributed by atoms with E-state index >= 15 is 0 Å². The molecule has 0 saturated carbocycles. The van der Waals surface area contributed by atoms with Crippen molar-refractivity contribution >= 4 is 62.1 Å². The predicted octanol–water partition coefficient (Wildman–Crippen LogP) is 6.81. The first-order valence-corrected chi connectivity index (χ1v) is 20.0. The lowest BCUT2D eigenvalue weighted by Crippen LogP contribution is -2.26. The van der Waals surface area contributed by atoms with Gasteiger partial charge in [-0.15, -0.1) is 0 Å². The Hall–Kier alpha value is 1.59. The fraction of sp³-hybridized carbons (Fsp3) is 1.00. The van der Waals surface area contributed by atoms with Crippen molar-refractivity contribution in [3.05, 3.63) is 0 Å². The molecular weight excluding hydrogens is 346 g/mol. The fourth-order valence-corrected chi connectivity index (χ4v) is 6.34. The van der Waals surface area contributed by atoms with Crippen molar-refractivity contribution < 1.29 is 0 Å². The first kappa shape index (κ1) is 20.6. The van der Waals surface area contributed by atoms with Crippen molar-refractivity contribution in [3.63, 3.8) is 0 Å². The first-order chi connectivity index (χ1) is 8.29. The molecule has 0 saturated heterocycles. The molecule has 0 amide bonds. The van der Waals surface area contributed by atoms with Crippen LogP contribution in [-0.2, 0) is 0 Å². The summed E-state index contributed by atoms with van der Waals surface area (Å²) in [4.78, 5) is 0. The minimum Gasteiger partial charge on any atom is -0.168 e. The topological polar surface area (TPSA) is 0 Å². The van der Waals surface area contributed by atoms with Crippen LogP contribution in [0.5, 0.6) is 0 Å². The monoisotopic (exact) mass is 374 g/mol. The van der Waals surface area contributed by atoms with Gasteiger partial charge in [0.2, 0.25) is 0 Å². The third-order valence-electron chi connectivity index (χ3n) is 3.44. The number of hydrogen-bond acceptors (Lipinski definition) is 0. The second-order valence-corrected chi connectivity index (χ2v) is 28.7. The van der Waals surface area contributed by atoms with Crippen molar-refractivity contribution in [3.8, 4) is 0 Å². The SMILES string of the molecule is C[Si](C)(Cl)CCB(CC[Si](C)(C)Cl)CC[Si](C)(C)Cl. The molecule has 0 aliphatic carbocycles. The van der Waals surface area contributed by atoms with Gasteiger partial charge in [-0.05, 0) is 0 Å². The van der Waals surface area contributed by atoms with Gasteiger partial charge in [-0.3, -0.25) is 0 Å². The van der Waals surface area contributed by atoms with Crippen LogP contribution in [0.15, 0.2) is 0 Å². The molecule has 0 aromatic rings. The second-order valence-electron chi connectivity index (χ2n) is 7.64. The van der Waals surface area contributed by atoms with Crippen LogP contribution in [0.2, 0.25) is 76.4 Å². The quantitative estimate of drug-likeness (QED) is 0.306. The van der Waals surface area contributed by atoms with Crippen LogP contribution in [0, 0.1) is 0 Å². The summed E-state index contributed by atoms with van der Waals surface area (Å²) < 4.78 is 0. The van der Waals surface area contributed by atoms with Crippen LogP contribution in [0.3, 0.4) is 0 Å². The zero-order valence-corrected chi connectivity index (χ0v) is 18.7. The molecule has 0 fully saturated rings. The van der Waals surface area contributed by atoms with E-state index in [0.29, 0.717) is 0 Å². The Bertz CT molecular complexity index is 214. The molecule has 0 rings (SSSR count). The Morgan fingerprint density at radius 2 is 0.789 bits per heavy atom. The average Bonchev–Trinajstić information content (AvgIpc) is 2.11. The molecule has 0 N–H and O–H groups in total. The maximum atomic E-state index is 6.46. The molecular formula is C12H30BCl3Si3. The Kier molecular flexibility index (Phi) is 8.97. The summed E-state index contributed by atoms with van der Waals surface area (Å²) in [6.45, 7) is 14.2. The van der Waals surface area contributed by atoms with E-state index in [1.54, 1.807) is 0 Å². The standard InChI is InChI=1S/C12H30BCl3Si3/c1-17(2,14)10-7-13(8-11-18(3,4)15)9-12-19(5,6)16/h7-12H2,1-6H3. The minimum absolute atomic E-state index is 0.779. The number of halogens is 3. The number of rotatable bonds is 9. The highest BCUT2D eigenvalue weighted by Gasteiger charge is 2.27. The Morgan fingerprint density at radius 1 is 0.579 bits per heavy atom. The zero-order valence-electron chi connectivity index (χ0n) is 13.5. The Balaban J connectivity index is 4.30. The molecule has 0 spiro atoms. The largest absolute Gasteiger partial charge is 0.168 e. The van der Waals surface area contributed by atoms with E-state index in [2.05, 4.69) is 39.3 Å². The highest BCUT2D eigenvalue weighted by Crippen LogP contribution is 2.28.